The van der Waals surface area contributed by atoms with Gasteiger partial charge in [-0.25, -0.2) is 0 Å². The summed E-state index contributed by atoms with van der Waals surface area (Å²) in [5, 5.41) is 3.53. The molecule has 20 heavy (non-hydrogen) atoms. The Labute approximate surface area is 123 Å². The monoisotopic (exact) mass is 279 g/mol. The van der Waals surface area contributed by atoms with Crippen molar-refractivity contribution in [3.05, 3.63) is 29.8 Å². The van der Waals surface area contributed by atoms with Crippen LogP contribution in [0.1, 0.15) is 52.1 Å². The molecule has 3 nitrogen and oxygen atoms in total. The fourth-order valence-electron chi connectivity index (χ4n) is 2.19. The summed E-state index contributed by atoms with van der Waals surface area (Å²) in [5.74, 6) is 0.976. The Hall–Kier alpha value is -1.06. The summed E-state index contributed by atoms with van der Waals surface area (Å²) in [7, 11) is 0. The topological polar surface area (TPSA) is 30.5 Å². The number of para-hydroxylation sites is 1. The Bertz CT molecular complexity index is 366. The summed E-state index contributed by atoms with van der Waals surface area (Å²) in [4.78, 5) is 0. The summed E-state index contributed by atoms with van der Waals surface area (Å²) < 4.78 is 11.5. The summed E-state index contributed by atoms with van der Waals surface area (Å²) in [6, 6.07) is 8.57. The lowest BCUT2D eigenvalue weighted by Gasteiger charge is -2.22. The zero-order valence-corrected chi connectivity index (χ0v) is 13.3. The number of nitrogens with one attached hydrogen (secondary N) is 1. The Morgan fingerprint density at radius 3 is 2.50 bits per heavy atom. The SMILES string of the molecule is CCCOCCC(NCC)c1ccccc1OC(C)C. The maximum Gasteiger partial charge on any atom is 0.124 e. The average molecular weight is 279 g/mol. The van der Waals surface area contributed by atoms with Gasteiger partial charge in [-0.15, -0.1) is 0 Å². The van der Waals surface area contributed by atoms with Crippen molar-refractivity contribution in [1.82, 2.24) is 5.32 Å². The maximum absolute atomic E-state index is 5.92. The normalized spacial score (nSPS) is 12.7. The molecule has 0 aromatic heterocycles. The molecule has 1 aromatic rings. The lowest BCUT2D eigenvalue weighted by atomic mass is 10.0. The largest absolute Gasteiger partial charge is 0.491 e. The van der Waals surface area contributed by atoms with Gasteiger partial charge in [-0.05, 0) is 39.3 Å². The Morgan fingerprint density at radius 1 is 1.10 bits per heavy atom. The van der Waals surface area contributed by atoms with Crippen LogP contribution in [0, 0.1) is 0 Å². The number of hydrogen-bond donors (Lipinski definition) is 1. The van der Waals surface area contributed by atoms with Crippen LogP contribution in [0.5, 0.6) is 5.75 Å². The third-order valence-electron chi connectivity index (χ3n) is 3.01. The van der Waals surface area contributed by atoms with Gasteiger partial charge in [0.1, 0.15) is 5.75 Å². The van der Waals surface area contributed by atoms with Crippen molar-refractivity contribution in [1.29, 1.82) is 0 Å². The van der Waals surface area contributed by atoms with Gasteiger partial charge in [0.2, 0.25) is 0 Å². The van der Waals surface area contributed by atoms with Crippen LogP contribution in [0.4, 0.5) is 0 Å². The van der Waals surface area contributed by atoms with E-state index >= 15 is 0 Å². The first kappa shape index (κ1) is 17.0. The summed E-state index contributed by atoms with van der Waals surface area (Å²) in [5.41, 5.74) is 1.23. The maximum atomic E-state index is 5.92. The molecular weight excluding hydrogens is 250 g/mol. The van der Waals surface area contributed by atoms with Gasteiger partial charge in [0.15, 0.2) is 0 Å². The van der Waals surface area contributed by atoms with E-state index < -0.39 is 0 Å². The third-order valence-corrected chi connectivity index (χ3v) is 3.01. The molecule has 0 bridgehead atoms. The highest BCUT2D eigenvalue weighted by Crippen LogP contribution is 2.28. The van der Waals surface area contributed by atoms with E-state index in [1.807, 2.05) is 12.1 Å². The van der Waals surface area contributed by atoms with Crippen LogP contribution in [-0.4, -0.2) is 25.9 Å². The molecule has 0 aliphatic carbocycles. The van der Waals surface area contributed by atoms with Crippen molar-refractivity contribution in [2.75, 3.05) is 19.8 Å². The first-order valence-electron chi connectivity index (χ1n) is 7.75. The summed E-state index contributed by atoms with van der Waals surface area (Å²) >= 11 is 0. The van der Waals surface area contributed by atoms with Gasteiger partial charge in [0.05, 0.1) is 6.10 Å². The zero-order valence-electron chi connectivity index (χ0n) is 13.3. The molecule has 0 radical (unpaired) electrons. The minimum atomic E-state index is 0.190. The van der Waals surface area contributed by atoms with Gasteiger partial charge in [0, 0.05) is 24.8 Å². The highest BCUT2D eigenvalue weighted by molar-refractivity contribution is 5.36. The van der Waals surface area contributed by atoms with Crippen molar-refractivity contribution in [2.45, 2.75) is 52.7 Å². The van der Waals surface area contributed by atoms with Gasteiger partial charge < -0.3 is 14.8 Å². The summed E-state index contributed by atoms with van der Waals surface area (Å²) in [6.45, 7) is 10.9. The molecule has 0 heterocycles. The van der Waals surface area contributed by atoms with E-state index in [1.165, 1.54) is 5.56 Å². The van der Waals surface area contributed by atoms with Crippen molar-refractivity contribution < 1.29 is 9.47 Å². The molecule has 0 aliphatic rings. The summed E-state index contributed by atoms with van der Waals surface area (Å²) in [6.07, 6.45) is 2.22. The van der Waals surface area contributed by atoms with E-state index in [9.17, 15) is 0 Å². The van der Waals surface area contributed by atoms with Gasteiger partial charge in [-0.1, -0.05) is 32.0 Å². The van der Waals surface area contributed by atoms with Gasteiger partial charge in [-0.3, -0.25) is 0 Å². The Morgan fingerprint density at radius 2 is 1.85 bits per heavy atom. The minimum absolute atomic E-state index is 0.190. The van der Waals surface area contributed by atoms with Crippen LogP contribution in [-0.2, 0) is 4.74 Å². The van der Waals surface area contributed by atoms with Crippen LogP contribution in [0.15, 0.2) is 24.3 Å². The van der Waals surface area contributed by atoms with Gasteiger partial charge in [0.25, 0.3) is 0 Å². The van der Waals surface area contributed by atoms with E-state index in [0.717, 1.165) is 38.3 Å². The van der Waals surface area contributed by atoms with Crippen LogP contribution in [0.3, 0.4) is 0 Å². The minimum Gasteiger partial charge on any atom is -0.491 e. The highest BCUT2D eigenvalue weighted by Gasteiger charge is 2.15. The van der Waals surface area contributed by atoms with Crippen LogP contribution in [0.25, 0.3) is 0 Å². The molecule has 1 atom stereocenters. The molecule has 1 rings (SSSR count). The van der Waals surface area contributed by atoms with E-state index in [1.54, 1.807) is 0 Å². The van der Waals surface area contributed by atoms with Crippen molar-refractivity contribution in [3.8, 4) is 5.75 Å². The zero-order chi connectivity index (χ0) is 14.8. The Kier molecular flexibility index (Phi) is 8.31. The molecule has 0 amide bonds. The number of benzene rings is 1. The quantitative estimate of drug-likeness (QED) is 0.658. The predicted molar refractivity (Wildman–Crippen MR) is 84.4 cm³/mol. The number of rotatable bonds is 10. The highest BCUT2D eigenvalue weighted by atomic mass is 16.5. The fraction of sp³-hybridized carbons (Fsp3) is 0.647. The molecule has 0 fully saturated rings. The van der Waals surface area contributed by atoms with Gasteiger partial charge >= 0.3 is 0 Å². The Balaban J connectivity index is 2.74. The van der Waals surface area contributed by atoms with Crippen LogP contribution in [0.2, 0.25) is 0 Å². The molecule has 1 unspecified atom stereocenters. The lowest BCUT2D eigenvalue weighted by molar-refractivity contribution is 0.124. The molecule has 114 valence electrons. The molecular formula is C17H29NO2. The first-order valence-corrected chi connectivity index (χ1v) is 7.75. The standard InChI is InChI=1S/C17H29NO2/c1-5-12-19-13-11-16(18-6-2)15-9-7-8-10-17(15)20-14(3)4/h7-10,14,16,18H,5-6,11-13H2,1-4H3. The van der Waals surface area contributed by atoms with Crippen LogP contribution < -0.4 is 10.1 Å². The molecule has 0 aliphatic heterocycles. The molecule has 1 N–H and O–H groups in total. The smallest absolute Gasteiger partial charge is 0.124 e. The van der Waals surface area contributed by atoms with Crippen LogP contribution >= 0.6 is 0 Å². The van der Waals surface area contributed by atoms with Gasteiger partial charge in [-0.2, -0.15) is 0 Å². The molecule has 0 spiro atoms. The fourth-order valence-corrected chi connectivity index (χ4v) is 2.19. The average Bonchev–Trinajstić information content (AvgIpc) is 2.42. The molecule has 3 heteroatoms. The number of ether oxygens (including phenoxy) is 2. The second kappa shape index (κ2) is 9.78. The molecule has 0 saturated heterocycles. The van der Waals surface area contributed by atoms with Crippen molar-refractivity contribution in [3.63, 3.8) is 0 Å². The third kappa shape index (κ3) is 5.93. The molecule has 0 saturated carbocycles. The van der Waals surface area contributed by atoms with E-state index in [4.69, 9.17) is 9.47 Å². The van der Waals surface area contributed by atoms with E-state index in [-0.39, 0.29) is 12.1 Å². The second-order valence-electron chi connectivity index (χ2n) is 5.22. The lowest BCUT2D eigenvalue weighted by Crippen LogP contribution is -2.23. The van der Waals surface area contributed by atoms with E-state index in [0.29, 0.717) is 0 Å². The first-order chi connectivity index (χ1) is 9.69. The van der Waals surface area contributed by atoms with E-state index in [2.05, 4.69) is 45.1 Å². The van der Waals surface area contributed by atoms with Crippen molar-refractivity contribution in [2.24, 2.45) is 0 Å². The number of hydrogen-bond acceptors (Lipinski definition) is 3. The molecule has 1 aromatic carbocycles. The second-order valence-corrected chi connectivity index (χ2v) is 5.22. The predicted octanol–water partition coefficient (Wildman–Crippen LogP) is 3.94. The van der Waals surface area contributed by atoms with Crippen molar-refractivity contribution >= 4 is 0 Å².